The van der Waals surface area contributed by atoms with Crippen molar-refractivity contribution >= 4 is 5.91 Å². The lowest BCUT2D eigenvalue weighted by molar-refractivity contribution is 0.0958. The lowest BCUT2D eigenvalue weighted by Crippen LogP contribution is -2.23. The Hall–Kier alpha value is -2.60. The molecule has 3 heteroatoms. The van der Waals surface area contributed by atoms with Crippen molar-refractivity contribution in [2.24, 2.45) is 0 Å². The molecular weight excluding hydrogens is 224 g/mol. The number of hydrogen-bond donors (Lipinski definition) is 1. The zero-order valence-electron chi connectivity index (χ0n) is 9.76. The monoisotopic (exact) mass is 236 g/mol. The summed E-state index contributed by atoms with van der Waals surface area (Å²) in [5.41, 5.74) is 1.53. The summed E-state index contributed by atoms with van der Waals surface area (Å²) in [6, 6.07) is 13.0. The standard InChI is InChI=1S/C15H12N2O/c18-15(14-8-11-16-12-9-14)17-10-4-7-13-5-2-1-3-6-13/h1-3,5-6,8-9,11-12H,10H2,(H,17,18). The third kappa shape index (κ3) is 3.46. The molecule has 0 aliphatic heterocycles. The summed E-state index contributed by atoms with van der Waals surface area (Å²) < 4.78 is 0. The highest BCUT2D eigenvalue weighted by molar-refractivity contribution is 5.94. The van der Waals surface area contributed by atoms with Crippen LogP contribution in [0.15, 0.2) is 54.9 Å². The maximum absolute atomic E-state index is 11.6. The van der Waals surface area contributed by atoms with Gasteiger partial charge in [-0.3, -0.25) is 9.78 Å². The van der Waals surface area contributed by atoms with Gasteiger partial charge in [-0.15, -0.1) is 0 Å². The van der Waals surface area contributed by atoms with Gasteiger partial charge < -0.3 is 5.32 Å². The van der Waals surface area contributed by atoms with Crippen molar-refractivity contribution in [3.63, 3.8) is 0 Å². The molecule has 0 radical (unpaired) electrons. The maximum Gasteiger partial charge on any atom is 0.252 e. The highest BCUT2D eigenvalue weighted by Crippen LogP contribution is 1.95. The van der Waals surface area contributed by atoms with Gasteiger partial charge in [0.15, 0.2) is 0 Å². The number of carbonyl (C=O) groups is 1. The SMILES string of the molecule is O=C(NCC#Cc1ccccc1)c1ccncc1. The first kappa shape index (κ1) is 11.9. The van der Waals surface area contributed by atoms with Gasteiger partial charge in [0.1, 0.15) is 0 Å². The first-order valence-electron chi connectivity index (χ1n) is 5.58. The Labute approximate surface area is 106 Å². The van der Waals surface area contributed by atoms with Crippen LogP contribution < -0.4 is 5.32 Å². The average molecular weight is 236 g/mol. The Balaban J connectivity index is 1.87. The number of carbonyl (C=O) groups excluding carboxylic acids is 1. The van der Waals surface area contributed by atoms with E-state index in [1.54, 1.807) is 24.5 Å². The molecule has 2 rings (SSSR count). The minimum atomic E-state index is -0.139. The van der Waals surface area contributed by atoms with Crippen molar-refractivity contribution in [3.8, 4) is 11.8 Å². The summed E-state index contributed by atoms with van der Waals surface area (Å²) in [4.78, 5) is 15.5. The van der Waals surface area contributed by atoms with Crippen molar-refractivity contribution in [1.82, 2.24) is 10.3 Å². The molecule has 2 aromatic rings. The topological polar surface area (TPSA) is 42.0 Å². The second kappa shape index (κ2) is 6.21. The number of hydrogen-bond acceptors (Lipinski definition) is 2. The van der Waals surface area contributed by atoms with Crippen molar-refractivity contribution in [2.45, 2.75) is 0 Å². The third-order valence-electron chi connectivity index (χ3n) is 2.29. The molecule has 1 aromatic carbocycles. The van der Waals surface area contributed by atoms with Crippen molar-refractivity contribution in [3.05, 3.63) is 66.0 Å². The Bertz CT molecular complexity index is 568. The highest BCUT2D eigenvalue weighted by atomic mass is 16.1. The Kier molecular flexibility index (Phi) is 4.10. The molecule has 0 atom stereocenters. The van der Waals surface area contributed by atoms with Crippen molar-refractivity contribution < 1.29 is 4.79 Å². The van der Waals surface area contributed by atoms with E-state index < -0.39 is 0 Å². The molecule has 0 bridgehead atoms. The molecule has 0 spiro atoms. The van der Waals surface area contributed by atoms with Crippen LogP contribution in [0.5, 0.6) is 0 Å². The summed E-state index contributed by atoms with van der Waals surface area (Å²) in [5.74, 6) is 5.74. The number of nitrogens with one attached hydrogen (secondary N) is 1. The Morgan fingerprint density at radius 1 is 1.11 bits per heavy atom. The van der Waals surface area contributed by atoms with E-state index in [1.807, 2.05) is 30.3 Å². The number of pyridine rings is 1. The molecule has 1 amide bonds. The highest BCUT2D eigenvalue weighted by Gasteiger charge is 2.01. The molecule has 0 saturated heterocycles. The van der Waals surface area contributed by atoms with Crippen LogP contribution in [0.3, 0.4) is 0 Å². The van der Waals surface area contributed by atoms with Crippen LogP contribution in [0.25, 0.3) is 0 Å². The maximum atomic E-state index is 11.6. The summed E-state index contributed by atoms with van der Waals surface area (Å²) in [5, 5.41) is 2.73. The van der Waals surface area contributed by atoms with Crippen LogP contribution >= 0.6 is 0 Å². The average Bonchev–Trinajstić information content (AvgIpc) is 2.45. The Morgan fingerprint density at radius 2 is 1.83 bits per heavy atom. The fraction of sp³-hybridized carbons (Fsp3) is 0.0667. The first-order valence-corrected chi connectivity index (χ1v) is 5.58. The van der Waals surface area contributed by atoms with Crippen molar-refractivity contribution in [1.29, 1.82) is 0 Å². The van der Waals surface area contributed by atoms with Gasteiger partial charge in [0.05, 0.1) is 6.54 Å². The van der Waals surface area contributed by atoms with Gasteiger partial charge in [-0.1, -0.05) is 30.0 Å². The number of aromatic nitrogens is 1. The number of amides is 1. The molecule has 1 N–H and O–H groups in total. The lowest BCUT2D eigenvalue weighted by Gasteiger charge is -1.99. The predicted octanol–water partition coefficient (Wildman–Crippen LogP) is 1.86. The van der Waals surface area contributed by atoms with Gasteiger partial charge in [-0.05, 0) is 24.3 Å². The van der Waals surface area contributed by atoms with Crippen LogP contribution in [0.4, 0.5) is 0 Å². The number of nitrogens with zero attached hydrogens (tertiary/aromatic N) is 1. The summed E-state index contributed by atoms with van der Waals surface area (Å²) in [6.07, 6.45) is 3.18. The van der Waals surface area contributed by atoms with Crippen molar-refractivity contribution in [2.75, 3.05) is 6.54 Å². The van der Waals surface area contributed by atoms with Gasteiger partial charge in [0.2, 0.25) is 0 Å². The minimum absolute atomic E-state index is 0.139. The normalized spacial score (nSPS) is 9.11. The van der Waals surface area contributed by atoms with Gasteiger partial charge in [0.25, 0.3) is 5.91 Å². The van der Waals surface area contributed by atoms with Gasteiger partial charge in [-0.25, -0.2) is 0 Å². The molecule has 0 aliphatic rings. The van der Waals surface area contributed by atoms with Crippen LogP contribution in [-0.2, 0) is 0 Å². The van der Waals surface area contributed by atoms with E-state index in [2.05, 4.69) is 22.1 Å². The number of benzene rings is 1. The van der Waals surface area contributed by atoms with E-state index in [0.717, 1.165) is 5.56 Å². The molecule has 0 saturated carbocycles. The Morgan fingerprint density at radius 3 is 2.56 bits per heavy atom. The third-order valence-corrected chi connectivity index (χ3v) is 2.29. The molecule has 3 nitrogen and oxygen atoms in total. The van der Waals surface area contributed by atoms with E-state index in [9.17, 15) is 4.79 Å². The van der Waals surface area contributed by atoms with Gasteiger partial charge in [-0.2, -0.15) is 0 Å². The fourth-order valence-electron chi connectivity index (χ4n) is 1.40. The largest absolute Gasteiger partial charge is 0.341 e. The quantitative estimate of drug-likeness (QED) is 0.809. The van der Waals surface area contributed by atoms with E-state index in [4.69, 9.17) is 0 Å². The van der Waals surface area contributed by atoms with Crippen LogP contribution in [0.2, 0.25) is 0 Å². The van der Waals surface area contributed by atoms with Crippen LogP contribution in [0, 0.1) is 11.8 Å². The molecule has 1 aromatic heterocycles. The number of rotatable bonds is 2. The lowest BCUT2D eigenvalue weighted by atomic mass is 10.2. The molecule has 18 heavy (non-hydrogen) atoms. The molecule has 0 unspecified atom stereocenters. The van der Waals surface area contributed by atoms with E-state index in [1.165, 1.54) is 0 Å². The molecule has 88 valence electrons. The first-order chi connectivity index (χ1) is 8.86. The summed E-state index contributed by atoms with van der Waals surface area (Å²) >= 11 is 0. The minimum Gasteiger partial charge on any atom is -0.341 e. The van der Waals surface area contributed by atoms with Gasteiger partial charge >= 0.3 is 0 Å². The van der Waals surface area contributed by atoms with Crippen LogP contribution in [-0.4, -0.2) is 17.4 Å². The summed E-state index contributed by atoms with van der Waals surface area (Å²) in [6.45, 7) is 0.329. The van der Waals surface area contributed by atoms with E-state index in [0.29, 0.717) is 12.1 Å². The van der Waals surface area contributed by atoms with E-state index in [-0.39, 0.29) is 5.91 Å². The molecule has 0 fully saturated rings. The van der Waals surface area contributed by atoms with Crippen LogP contribution in [0.1, 0.15) is 15.9 Å². The van der Waals surface area contributed by atoms with Gasteiger partial charge in [0, 0.05) is 23.5 Å². The summed E-state index contributed by atoms with van der Waals surface area (Å²) in [7, 11) is 0. The predicted molar refractivity (Wildman–Crippen MR) is 69.9 cm³/mol. The zero-order chi connectivity index (χ0) is 12.6. The second-order valence-corrected chi connectivity index (χ2v) is 3.59. The zero-order valence-corrected chi connectivity index (χ0v) is 9.76. The molecular formula is C15H12N2O. The molecule has 1 heterocycles. The van der Waals surface area contributed by atoms with E-state index >= 15 is 0 Å². The molecule has 0 aliphatic carbocycles. The smallest absolute Gasteiger partial charge is 0.252 e. The fourth-order valence-corrected chi connectivity index (χ4v) is 1.40. The second-order valence-electron chi connectivity index (χ2n) is 3.59.